The zero-order chi connectivity index (χ0) is 12.3. The SMILES string of the molecule is O=C(O)C(O)C1=CCC(=NC2SCCS2)C=C1. The highest BCUT2D eigenvalue weighted by Crippen LogP contribution is 2.33. The number of hydrogen-bond donors (Lipinski definition) is 2. The summed E-state index contributed by atoms with van der Waals surface area (Å²) in [6, 6.07) is 0. The average Bonchev–Trinajstić information content (AvgIpc) is 2.82. The maximum absolute atomic E-state index is 10.6. The molecule has 0 amide bonds. The van der Waals surface area contributed by atoms with Crippen molar-refractivity contribution in [3.8, 4) is 0 Å². The van der Waals surface area contributed by atoms with E-state index in [1.165, 1.54) is 0 Å². The summed E-state index contributed by atoms with van der Waals surface area (Å²) < 4.78 is 0.272. The summed E-state index contributed by atoms with van der Waals surface area (Å²) in [5.74, 6) is 1.05. The second-order valence-electron chi connectivity index (χ2n) is 3.65. The van der Waals surface area contributed by atoms with Crippen LogP contribution in [-0.2, 0) is 4.79 Å². The van der Waals surface area contributed by atoms with Crippen molar-refractivity contribution in [1.29, 1.82) is 0 Å². The van der Waals surface area contributed by atoms with Crippen LogP contribution in [0.5, 0.6) is 0 Å². The molecule has 2 rings (SSSR count). The first-order chi connectivity index (χ1) is 8.16. The molecule has 1 fully saturated rings. The smallest absolute Gasteiger partial charge is 0.337 e. The average molecular weight is 271 g/mol. The lowest BCUT2D eigenvalue weighted by Crippen LogP contribution is -2.22. The van der Waals surface area contributed by atoms with Gasteiger partial charge in [-0.05, 0) is 11.6 Å². The maximum atomic E-state index is 10.6. The molecule has 92 valence electrons. The molecule has 0 spiro atoms. The van der Waals surface area contributed by atoms with Gasteiger partial charge in [0.1, 0.15) is 4.71 Å². The third-order valence-electron chi connectivity index (χ3n) is 2.44. The van der Waals surface area contributed by atoms with Crippen molar-refractivity contribution < 1.29 is 15.0 Å². The van der Waals surface area contributed by atoms with Crippen molar-refractivity contribution in [1.82, 2.24) is 0 Å². The number of aliphatic hydroxyl groups excluding tert-OH is 1. The molecule has 0 bridgehead atoms. The number of carboxylic acids is 1. The molecule has 1 unspecified atom stereocenters. The molecule has 0 radical (unpaired) electrons. The predicted octanol–water partition coefficient (Wildman–Crippen LogP) is 1.52. The lowest BCUT2D eigenvalue weighted by molar-refractivity contribution is -0.144. The van der Waals surface area contributed by atoms with Crippen LogP contribution in [0.25, 0.3) is 0 Å². The number of carboxylic acid groups (broad SMARTS) is 1. The molecule has 0 aromatic carbocycles. The number of hydrogen-bond acceptors (Lipinski definition) is 5. The first-order valence-corrected chi connectivity index (χ1v) is 7.35. The van der Waals surface area contributed by atoms with Gasteiger partial charge < -0.3 is 10.2 Å². The zero-order valence-electron chi connectivity index (χ0n) is 9.07. The van der Waals surface area contributed by atoms with Crippen LogP contribution in [0.1, 0.15) is 6.42 Å². The maximum Gasteiger partial charge on any atom is 0.337 e. The zero-order valence-corrected chi connectivity index (χ0v) is 10.7. The van der Waals surface area contributed by atoms with E-state index in [2.05, 4.69) is 4.99 Å². The van der Waals surface area contributed by atoms with Crippen LogP contribution in [0.3, 0.4) is 0 Å². The van der Waals surface area contributed by atoms with Gasteiger partial charge in [0.25, 0.3) is 0 Å². The summed E-state index contributed by atoms with van der Waals surface area (Å²) in [6.45, 7) is 0. The lowest BCUT2D eigenvalue weighted by atomic mass is 10.0. The van der Waals surface area contributed by atoms with Gasteiger partial charge in [-0.25, -0.2) is 4.79 Å². The van der Waals surface area contributed by atoms with E-state index < -0.39 is 12.1 Å². The van der Waals surface area contributed by atoms with Crippen molar-refractivity contribution in [2.24, 2.45) is 4.99 Å². The van der Waals surface area contributed by atoms with Crippen LogP contribution in [0, 0.1) is 0 Å². The summed E-state index contributed by atoms with van der Waals surface area (Å²) in [5, 5.41) is 18.0. The number of rotatable bonds is 3. The van der Waals surface area contributed by atoms with E-state index in [9.17, 15) is 9.90 Å². The van der Waals surface area contributed by atoms with Crippen molar-refractivity contribution in [2.45, 2.75) is 17.2 Å². The summed E-state index contributed by atoms with van der Waals surface area (Å²) in [5.41, 5.74) is 1.38. The molecule has 0 aromatic heterocycles. The van der Waals surface area contributed by atoms with Gasteiger partial charge in [0.05, 0.1) is 0 Å². The van der Waals surface area contributed by atoms with Crippen molar-refractivity contribution >= 4 is 35.2 Å². The molecule has 2 N–H and O–H groups in total. The summed E-state index contributed by atoms with van der Waals surface area (Å²) in [6.07, 6.45) is 4.31. The molecule has 1 aliphatic carbocycles. The highest BCUT2D eigenvalue weighted by atomic mass is 32.2. The molecular weight excluding hydrogens is 258 g/mol. The second-order valence-corrected chi connectivity index (χ2v) is 6.33. The highest BCUT2D eigenvalue weighted by molar-refractivity contribution is 8.20. The molecule has 0 saturated carbocycles. The van der Waals surface area contributed by atoms with Crippen LogP contribution in [-0.4, -0.2) is 44.2 Å². The van der Waals surface area contributed by atoms with Gasteiger partial charge in [-0.1, -0.05) is 12.2 Å². The van der Waals surface area contributed by atoms with Gasteiger partial charge in [0, 0.05) is 23.6 Å². The number of allylic oxidation sites excluding steroid dienone is 2. The molecule has 2 aliphatic rings. The summed E-state index contributed by atoms with van der Waals surface area (Å²) in [4.78, 5) is 15.2. The highest BCUT2D eigenvalue weighted by Gasteiger charge is 2.19. The van der Waals surface area contributed by atoms with E-state index >= 15 is 0 Å². The molecule has 6 heteroatoms. The Morgan fingerprint density at radius 2 is 2.12 bits per heavy atom. The van der Waals surface area contributed by atoms with E-state index in [-0.39, 0.29) is 4.71 Å². The van der Waals surface area contributed by atoms with Gasteiger partial charge in [-0.2, -0.15) is 0 Å². The minimum absolute atomic E-state index is 0.272. The molecule has 1 atom stereocenters. The minimum atomic E-state index is -1.43. The summed E-state index contributed by atoms with van der Waals surface area (Å²) in [7, 11) is 0. The Balaban J connectivity index is 1.97. The Morgan fingerprint density at radius 3 is 2.65 bits per heavy atom. The standard InChI is InChI=1S/C11H13NO3S2/c13-9(10(14)15)7-1-3-8(4-2-7)12-11-16-5-6-17-11/h1-3,9,11,13H,4-6H2,(H,14,15). The quantitative estimate of drug-likeness (QED) is 0.814. The van der Waals surface area contributed by atoms with E-state index in [0.29, 0.717) is 12.0 Å². The van der Waals surface area contributed by atoms with Crippen LogP contribution in [0.2, 0.25) is 0 Å². The number of carbonyl (C=O) groups is 1. The van der Waals surface area contributed by atoms with Gasteiger partial charge in [-0.15, -0.1) is 23.5 Å². The molecule has 17 heavy (non-hydrogen) atoms. The van der Waals surface area contributed by atoms with Crippen LogP contribution in [0.15, 0.2) is 28.8 Å². The van der Waals surface area contributed by atoms with Crippen molar-refractivity contribution in [2.75, 3.05) is 11.5 Å². The van der Waals surface area contributed by atoms with Crippen LogP contribution >= 0.6 is 23.5 Å². The Bertz CT molecular complexity index is 398. The molecule has 0 aromatic rings. The van der Waals surface area contributed by atoms with E-state index in [4.69, 9.17) is 5.11 Å². The fourth-order valence-corrected chi connectivity index (χ4v) is 4.10. The first-order valence-electron chi connectivity index (χ1n) is 5.26. The topological polar surface area (TPSA) is 69.9 Å². The third-order valence-corrected chi connectivity index (χ3v) is 5.18. The number of nitrogens with zero attached hydrogens (tertiary/aromatic N) is 1. The van der Waals surface area contributed by atoms with Gasteiger partial charge in [-0.3, -0.25) is 4.99 Å². The number of aliphatic hydroxyl groups is 1. The molecule has 1 aliphatic heterocycles. The molecule has 1 saturated heterocycles. The fraction of sp³-hybridized carbons (Fsp3) is 0.455. The third kappa shape index (κ3) is 3.37. The number of aliphatic imine (C=N–C) groups is 1. The Kier molecular flexibility index (Phi) is 4.31. The van der Waals surface area contributed by atoms with Gasteiger partial charge in [0.15, 0.2) is 6.10 Å². The van der Waals surface area contributed by atoms with E-state index in [1.54, 1.807) is 18.2 Å². The van der Waals surface area contributed by atoms with Crippen molar-refractivity contribution in [3.05, 3.63) is 23.8 Å². The summed E-state index contributed by atoms with van der Waals surface area (Å²) >= 11 is 3.65. The second kappa shape index (κ2) is 5.75. The minimum Gasteiger partial charge on any atom is -0.479 e. The predicted molar refractivity (Wildman–Crippen MR) is 71.6 cm³/mol. The van der Waals surface area contributed by atoms with Crippen LogP contribution < -0.4 is 0 Å². The Morgan fingerprint density at radius 1 is 1.41 bits per heavy atom. The van der Waals surface area contributed by atoms with Gasteiger partial charge >= 0.3 is 5.97 Å². The Hall–Kier alpha value is -0.720. The lowest BCUT2D eigenvalue weighted by Gasteiger charge is -2.12. The normalized spacial score (nSPS) is 25.0. The van der Waals surface area contributed by atoms with E-state index in [1.807, 2.05) is 23.5 Å². The largest absolute Gasteiger partial charge is 0.479 e. The van der Waals surface area contributed by atoms with Crippen molar-refractivity contribution in [3.63, 3.8) is 0 Å². The molecule has 4 nitrogen and oxygen atoms in total. The Labute approximate surface area is 108 Å². The van der Waals surface area contributed by atoms with Crippen LogP contribution in [0.4, 0.5) is 0 Å². The monoisotopic (exact) mass is 271 g/mol. The molecular formula is C11H13NO3S2. The fourth-order valence-electron chi connectivity index (χ4n) is 1.55. The number of aliphatic carboxylic acids is 1. The molecule has 1 heterocycles. The van der Waals surface area contributed by atoms with Gasteiger partial charge in [0.2, 0.25) is 0 Å². The number of thioether (sulfide) groups is 2. The van der Waals surface area contributed by atoms with E-state index in [0.717, 1.165) is 17.2 Å². The first kappa shape index (κ1) is 12.7.